The Kier molecular flexibility index (Phi) is 7.81. The van der Waals surface area contributed by atoms with Gasteiger partial charge in [-0.05, 0) is 31.8 Å². The van der Waals surface area contributed by atoms with Gasteiger partial charge in [0.1, 0.15) is 6.61 Å². The third kappa shape index (κ3) is 4.44. The second-order valence-electron chi connectivity index (χ2n) is 9.70. The minimum absolute atomic E-state index is 0.112. The van der Waals surface area contributed by atoms with Gasteiger partial charge in [0.15, 0.2) is 23.3 Å². The fourth-order valence-electron chi connectivity index (χ4n) is 4.63. The predicted octanol–water partition coefficient (Wildman–Crippen LogP) is 0.00410. The molecule has 5 unspecified atom stereocenters. The van der Waals surface area contributed by atoms with Crippen LogP contribution in [0.25, 0.3) is 0 Å². The molecule has 0 aliphatic carbocycles. The SMILES string of the molecule is CC(C)C(O)(C(=O)OCC1=CC[N+]2([O-])CC[C@H](OC(=O)C(O)(C(C)C)C(C)O)[C@@H]12)C(C)O. The number of ether oxygens (including phenoxy) is 2. The van der Waals surface area contributed by atoms with Crippen LogP contribution in [0.1, 0.15) is 48.0 Å². The van der Waals surface area contributed by atoms with E-state index >= 15 is 0 Å². The average Bonchev–Trinajstić information content (AvgIpc) is 3.19. The van der Waals surface area contributed by atoms with Crippen LogP contribution in [0, 0.1) is 17.0 Å². The van der Waals surface area contributed by atoms with Crippen LogP contribution in [0.15, 0.2) is 11.6 Å². The molecule has 0 spiro atoms. The van der Waals surface area contributed by atoms with E-state index < -0.39 is 64.0 Å². The molecule has 32 heavy (non-hydrogen) atoms. The highest BCUT2D eigenvalue weighted by atomic mass is 16.6. The summed E-state index contributed by atoms with van der Waals surface area (Å²) >= 11 is 0. The van der Waals surface area contributed by atoms with Crippen molar-refractivity contribution in [1.82, 2.24) is 0 Å². The lowest BCUT2D eigenvalue weighted by Crippen LogP contribution is -2.56. The Labute approximate surface area is 188 Å². The highest BCUT2D eigenvalue weighted by Gasteiger charge is 2.54. The Morgan fingerprint density at radius 1 is 1.06 bits per heavy atom. The molecule has 0 amide bonds. The normalized spacial score (nSPS) is 30.8. The highest BCUT2D eigenvalue weighted by molar-refractivity contribution is 5.81. The molecular weight excluding hydrogens is 422 g/mol. The Morgan fingerprint density at radius 3 is 2.03 bits per heavy atom. The van der Waals surface area contributed by atoms with Gasteiger partial charge < -0.3 is 39.8 Å². The number of nitrogens with zero attached hydrogens (tertiary/aromatic N) is 1. The summed E-state index contributed by atoms with van der Waals surface area (Å²) in [7, 11) is 0. The van der Waals surface area contributed by atoms with Gasteiger partial charge >= 0.3 is 11.9 Å². The van der Waals surface area contributed by atoms with Crippen molar-refractivity contribution >= 4 is 11.9 Å². The first-order valence-electron chi connectivity index (χ1n) is 11.1. The monoisotopic (exact) mass is 459 g/mol. The molecule has 7 atom stereocenters. The quantitative estimate of drug-likeness (QED) is 0.161. The van der Waals surface area contributed by atoms with Gasteiger partial charge in [0.2, 0.25) is 0 Å². The molecule has 1 saturated heterocycles. The standard InChI is InChI=1S/C22H37NO9/c1-12(2)21(28,14(5)24)19(26)31-11-16-7-9-23(30)10-8-17(18(16)23)32-20(27)22(29,13(3)4)15(6)25/h7,12-15,17-18,24-25,28-29H,8-11H2,1-6H3/t14?,15?,17-,18+,21?,22?,23?/m0/s1. The molecule has 0 bridgehead atoms. The van der Waals surface area contributed by atoms with Crippen molar-refractivity contribution in [2.75, 3.05) is 19.7 Å². The minimum Gasteiger partial charge on any atom is -0.632 e. The molecule has 0 saturated carbocycles. The number of rotatable bonds is 9. The summed E-state index contributed by atoms with van der Waals surface area (Å²) in [6.45, 7) is 8.88. The molecule has 2 aliphatic heterocycles. The first-order valence-corrected chi connectivity index (χ1v) is 11.1. The zero-order chi connectivity index (χ0) is 24.6. The predicted molar refractivity (Wildman–Crippen MR) is 114 cm³/mol. The Balaban J connectivity index is 2.16. The van der Waals surface area contributed by atoms with Crippen LogP contribution in [0.2, 0.25) is 0 Å². The van der Waals surface area contributed by atoms with E-state index in [4.69, 9.17) is 9.47 Å². The van der Waals surface area contributed by atoms with Crippen LogP contribution in [-0.2, 0) is 19.1 Å². The maximum Gasteiger partial charge on any atom is 0.341 e. The number of esters is 2. The lowest BCUT2D eigenvalue weighted by atomic mass is 9.85. The minimum atomic E-state index is -2.12. The van der Waals surface area contributed by atoms with E-state index in [1.165, 1.54) is 13.8 Å². The van der Waals surface area contributed by atoms with E-state index in [1.807, 2.05) is 0 Å². The molecule has 0 radical (unpaired) electrons. The van der Waals surface area contributed by atoms with E-state index in [0.29, 0.717) is 5.57 Å². The van der Waals surface area contributed by atoms with Crippen LogP contribution in [0.4, 0.5) is 0 Å². The van der Waals surface area contributed by atoms with Gasteiger partial charge in [-0.25, -0.2) is 9.59 Å². The van der Waals surface area contributed by atoms with Crippen molar-refractivity contribution in [3.8, 4) is 0 Å². The molecule has 0 aromatic carbocycles. The third-order valence-corrected chi connectivity index (χ3v) is 7.01. The van der Waals surface area contributed by atoms with Gasteiger partial charge in [-0.15, -0.1) is 0 Å². The number of hydrogen-bond acceptors (Lipinski definition) is 9. The van der Waals surface area contributed by atoms with E-state index in [9.17, 15) is 35.2 Å². The van der Waals surface area contributed by atoms with E-state index in [1.54, 1.807) is 33.8 Å². The van der Waals surface area contributed by atoms with Crippen molar-refractivity contribution in [2.24, 2.45) is 11.8 Å². The maximum absolute atomic E-state index is 13.2. The zero-order valence-electron chi connectivity index (χ0n) is 19.6. The Morgan fingerprint density at radius 2 is 1.56 bits per heavy atom. The molecule has 0 aromatic rings. The summed E-state index contributed by atoms with van der Waals surface area (Å²) in [4.78, 5) is 25.3. The molecule has 184 valence electrons. The first-order chi connectivity index (χ1) is 14.6. The number of hydrogen-bond donors (Lipinski definition) is 4. The molecule has 10 heteroatoms. The molecule has 2 heterocycles. The lowest BCUT2D eigenvalue weighted by Gasteiger charge is -2.41. The maximum atomic E-state index is 13.2. The van der Waals surface area contributed by atoms with Crippen LogP contribution in [0.3, 0.4) is 0 Å². The summed E-state index contributed by atoms with van der Waals surface area (Å²) in [6.07, 6.45) is -1.72. The number of quaternary nitrogens is 1. The first kappa shape index (κ1) is 26.7. The number of hydroxylamine groups is 3. The summed E-state index contributed by atoms with van der Waals surface area (Å²) < 4.78 is 10.1. The topological polar surface area (TPSA) is 157 Å². The Bertz CT molecular complexity index is 730. The molecule has 4 N–H and O–H groups in total. The summed E-state index contributed by atoms with van der Waals surface area (Å²) in [5.74, 6) is -3.26. The molecule has 2 aliphatic rings. The van der Waals surface area contributed by atoms with Gasteiger partial charge in [-0.3, -0.25) is 0 Å². The highest BCUT2D eigenvalue weighted by Crippen LogP contribution is 2.39. The average molecular weight is 460 g/mol. The van der Waals surface area contributed by atoms with Crippen LogP contribution in [-0.4, -0.2) is 92.3 Å². The smallest absolute Gasteiger partial charge is 0.341 e. The molecule has 2 rings (SSSR count). The van der Waals surface area contributed by atoms with Crippen LogP contribution >= 0.6 is 0 Å². The number of aliphatic hydroxyl groups is 4. The van der Waals surface area contributed by atoms with Crippen molar-refractivity contribution in [3.63, 3.8) is 0 Å². The van der Waals surface area contributed by atoms with Crippen LogP contribution in [0.5, 0.6) is 0 Å². The van der Waals surface area contributed by atoms with Gasteiger partial charge in [0.05, 0.1) is 25.3 Å². The van der Waals surface area contributed by atoms with E-state index in [2.05, 4.69) is 0 Å². The fourth-order valence-corrected chi connectivity index (χ4v) is 4.63. The van der Waals surface area contributed by atoms with Crippen molar-refractivity contribution in [2.45, 2.75) is 83.5 Å². The summed E-state index contributed by atoms with van der Waals surface area (Å²) in [6, 6.07) is -0.823. The molecule has 10 nitrogen and oxygen atoms in total. The zero-order valence-corrected chi connectivity index (χ0v) is 19.6. The third-order valence-electron chi connectivity index (χ3n) is 7.01. The molecule has 0 aromatic heterocycles. The van der Waals surface area contributed by atoms with Crippen LogP contribution < -0.4 is 0 Å². The lowest BCUT2D eigenvalue weighted by molar-refractivity contribution is -0.877. The number of fused-ring (bicyclic) bond motifs is 1. The number of carbonyl (C=O) groups is 2. The van der Waals surface area contributed by atoms with Gasteiger partial charge in [0, 0.05) is 12.0 Å². The second-order valence-corrected chi connectivity index (χ2v) is 9.70. The number of carbonyl (C=O) groups excluding carboxylic acids is 2. The van der Waals surface area contributed by atoms with Gasteiger partial charge in [0.25, 0.3) is 0 Å². The second kappa shape index (κ2) is 9.36. The molecule has 1 fully saturated rings. The molecular formula is C22H37NO9. The van der Waals surface area contributed by atoms with Gasteiger partial charge in [-0.2, -0.15) is 0 Å². The summed E-state index contributed by atoms with van der Waals surface area (Å²) in [5, 5.41) is 54.3. The van der Waals surface area contributed by atoms with Crippen molar-refractivity contribution < 1.29 is 44.1 Å². The van der Waals surface area contributed by atoms with Crippen molar-refractivity contribution in [1.29, 1.82) is 0 Å². The Hall–Kier alpha value is -1.56. The van der Waals surface area contributed by atoms with E-state index in [0.717, 1.165) is 0 Å². The number of aliphatic hydroxyl groups excluding tert-OH is 2. The summed E-state index contributed by atoms with van der Waals surface area (Å²) in [5.41, 5.74) is -3.78. The largest absolute Gasteiger partial charge is 0.632 e. The fraction of sp³-hybridized carbons (Fsp3) is 0.818. The van der Waals surface area contributed by atoms with Gasteiger partial charge in [-0.1, -0.05) is 27.7 Å². The van der Waals surface area contributed by atoms with Crippen molar-refractivity contribution in [3.05, 3.63) is 16.9 Å². The van der Waals surface area contributed by atoms with E-state index in [-0.39, 0.29) is 26.1 Å².